The van der Waals surface area contributed by atoms with Gasteiger partial charge < -0.3 is 16.2 Å². The summed E-state index contributed by atoms with van der Waals surface area (Å²) in [5.74, 6) is -0.582. The van der Waals surface area contributed by atoms with Crippen LogP contribution in [0.15, 0.2) is 11.9 Å². The van der Waals surface area contributed by atoms with Crippen LogP contribution in [0.2, 0.25) is 0 Å². The molecule has 0 atom stereocenters. The average Bonchev–Trinajstić information content (AvgIpc) is 1.65. The molecule has 5 heteroatoms. The van der Waals surface area contributed by atoms with E-state index in [1.54, 1.807) is 0 Å². The van der Waals surface area contributed by atoms with Crippen molar-refractivity contribution in [1.82, 2.24) is 0 Å². The molecule has 0 saturated heterocycles. The van der Waals surface area contributed by atoms with Gasteiger partial charge in [-0.25, -0.2) is 4.79 Å². The molecule has 0 bridgehead atoms. The summed E-state index contributed by atoms with van der Waals surface area (Å²) < 4.78 is 4.19. The highest BCUT2D eigenvalue weighted by atomic mass is 35.5. The molecule has 0 radical (unpaired) electrons. The van der Waals surface area contributed by atoms with Crippen LogP contribution in [-0.4, -0.2) is 13.1 Å². The number of rotatable bonds is 1. The number of esters is 1. The van der Waals surface area contributed by atoms with E-state index >= 15 is 0 Å². The van der Waals surface area contributed by atoms with Gasteiger partial charge in [-0.15, -0.1) is 12.4 Å². The zero-order valence-electron chi connectivity index (χ0n) is 4.96. The Bertz CT molecular complexity index is 120. The standard InChI is InChI=1S/C4H8N2O2.ClH/c1-8-4(7)2-3(5)6;/h2H,5-6H2,1H3;1H. The number of methoxy groups -OCH3 is 1. The SMILES string of the molecule is COC(=O)C=C(N)N.Cl. The molecule has 0 rings (SSSR count). The van der Waals surface area contributed by atoms with Crippen LogP contribution in [0.1, 0.15) is 0 Å². The number of carbonyl (C=O) groups excluding carboxylic acids is 1. The smallest absolute Gasteiger partial charge is 0.334 e. The van der Waals surface area contributed by atoms with Gasteiger partial charge in [0, 0.05) is 0 Å². The van der Waals surface area contributed by atoms with Gasteiger partial charge in [0.1, 0.15) is 5.82 Å². The second kappa shape index (κ2) is 5.24. The third-order valence-electron chi connectivity index (χ3n) is 0.486. The lowest BCUT2D eigenvalue weighted by Crippen LogP contribution is -2.11. The lowest BCUT2D eigenvalue weighted by Gasteiger charge is -1.89. The van der Waals surface area contributed by atoms with Crippen molar-refractivity contribution in [1.29, 1.82) is 0 Å². The van der Waals surface area contributed by atoms with Crippen LogP contribution >= 0.6 is 12.4 Å². The topological polar surface area (TPSA) is 78.3 Å². The quantitative estimate of drug-likeness (QED) is 0.386. The molecule has 9 heavy (non-hydrogen) atoms. The van der Waals surface area contributed by atoms with Gasteiger partial charge in [0.25, 0.3) is 0 Å². The van der Waals surface area contributed by atoms with Crippen LogP contribution < -0.4 is 11.5 Å². The Morgan fingerprint density at radius 3 is 2.11 bits per heavy atom. The van der Waals surface area contributed by atoms with Crippen LogP contribution in [-0.2, 0) is 9.53 Å². The molecule has 0 unspecified atom stereocenters. The third kappa shape index (κ3) is 7.10. The Morgan fingerprint density at radius 2 is 2.00 bits per heavy atom. The van der Waals surface area contributed by atoms with E-state index in [1.807, 2.05) is 0 Å². The number of carbonyl (C=O) groups is 1. The Kier molecular flexibility index (Phi) is 6.39. The Balaban J connectivity index is 0. The first-order valence-electron chi connectivity index (χ1n) is 1.97. The van der Waals surface area contributed by atoms with Crippen LogP contribution in [0.5, 0.6) is 0 Å². The van der Waals surface area contributed by atoms with Gasteiger partial charge in [-0.3, -0.25) is 0 Å². The number of ether oxygens (including phenoxy) is 1. The van der Waals surface area contributed by atoms with Crippen LogP contribution in [0.3, 0.4) is 0 Å². The van der Waals surface area contributed by atoms with E-state index in [4.69, 9.17) is 11.5 Å². The molecule has 0 aliphatic rings. The minimum absolute atomic E-state index is 0. The maximum absolute atomic E-state index is 10.2. The molecule has 0 heterocycles. The lowest BCUT2D eigenvalue weighted by atomic mass is 10.6. The molecule has 0 aliphatic carbocycles. The first-order chi connectivity index (χ1) is 3.66. The number of hydrogen-bond acceptors (Lipinski definition) is 4. The van der Waals surface area contributed by atoms with Gasteiger partial charge in [-0.05, 0) is 0 Å². The summed E-state index contributed by atoms with van der Waals surface area (Å²) >= 11 is 0. The molecule has 0 fully saturated rings. The fourth-order valence-electron chi connectivity index (χ4n) is 0.195. The van der Waals surface area contributed by atoms with Crippen molar-refractivity contribution in [3.05, 3.63) is 11.9 Å². The van der Waals surface area contributed by atoms with Gasteiger partial charge in [0.2, 0.25) is 0 Å². The molecule has 0 aromatic rings. The van der Waals surface area contributed by atoms with E-state index in [-0.39, 0.29) is 18.2 Å². The summed E-state index contributed by atoms with van der Waals surface area (Å²) in [6.45, 7) is 0. The summed E-state index contributed by atoms with van der Waals surface area (Å²) in [5, 5.41) is 0. The molecule has 0 aromatic carbocycles. The van der Waals surface area contributed by atoms with Gasteiger partial charge in [0.15, 0.2) is 0 Å². The van der Waals surface area contributed by atoms with Gasteiger partial charge >= 0.3 is 5.97 Å². The summed E-state index contributed by atoms with van der Waals surface area (Å²) in [7, 11) is 1.25. The Morgan fingerprint density at radius 1 is 1.56 bits per heavy atom. The third-order valence-corrected chi connectivity index (χ3v) is 0.486. The van der Waals surface area contributed by atoms with E-state index in [9.17, 15) is 4.79 Å². The second-order valence-electron chi connectivity index (χ2n) is 1.17. The van der Waals surface area contributed by atoms with E-state index in [1.165, 1.54) is 7.11 Å². The van der Waals surface area contributed by atoms with E-state index < -0.39 is 5.97 Å². The van der Waals surface area contributed by atoms with E-state index in [0.717, 1.165) is 6.08 Å². The zero-order chi connectivity index (χ0) is 6.57. The molecule has 4 N–H and O–H groups in total. The summed E-state index contributed by atoms with van der Waals surface area (Å²) in [6.07, 6.45) is 1.00. The predicted octanol–water partition coefficient (Wildman–Crippen LogP) is -0.660. The number of nitrogens with two attached hydrogens (primary N) is 2. The van der Waals surface area contributed by atoms with E-state index in [0.29, 0.717) is 0 Å². The van der Waals surface area contributed by atoms with Crippen LogP contribution in [0, 0.1) is 0 Å². The first-order valence-corrected chi connectivity index (χ1v) is 1.97. The monoisotopic (exact) mass is 152 g/mol. The van der Waals surface area contributed by atoms with Crippen molar-refractivity contribution in [2.45, 2.75) is 0 Å². The lowest BCUT2D eigenvalue weighted by molar-refractivity contribution is -0.134. The maximum atomic E-state index is 10.2. The van der Waals surface area contributed by atoms with E-state index in [2.05, 4.69) is 4.74 Å². The largest absolute Gasteiger partial charge is 0.466 e. The van der Waals surface area contributed by atoms with Crippen molar-refractivity contribution < 1.29 is 9.53 Å². The van der Waals surface area contributed by atoms with Crippen molar-refractivity contribution in [3.8, 4) is 0 Å². The maximum Gasteiger partial charge on any atom is 0.334 e. The highest BCUT2D eigenvalue weighted by Gasteiger charge is 1.90. The fourth-order valence-corrected chi connectivity index (χ4v) is 0.195. The minimum atomic E-state index is -0.537. The highest BCUT2D eigenvalue weighted by molar-refractivity contribution is 5.85. The molecule has 0 amide bonds. The molecule has 0 aromatic heterocycles. The molecule has 0 saturated carbocycles. The Labute approximate surface area is 59.3 Å². The highest BCUT2D eigenvalue weighted by Crippen LogP contribution is 1.75. The first kappa shape index (κ1) is 11.0. The van der Waals surface area contributed by atoms with Crippen molar-refractivity contribution in [2.24, 2.45) is 11.5 Å². The zero-order valence-corrected chi connectivity index (χ0v) is 5.77. The minimum Gasteiger partial charge on any atom is -0.466 e. The van der Waals surface area contributed by atoms with Gasteiger partial charge in [0.05, 0.1) is 13.2 Å². The second-order valence-corrected chi connectivity index (χ2v) is 1.17. The average molecular weight is 153 g/mol. The van der Waals surface area contributed by atoms with Crippen molar-refractivity contribution in [2.75, 3.05) is 7.11 Å². The van der Waals surface area contributed by atoms with Gasteiger partial charge in [-0.1, -0.05) is 0 Å². The normalized spacial score (nSPS) is 6.78. The molecular weight excluding hydrogens is 144 g/mol. The molecular formula is C4H9ClN2O2. The Hall–Kier alpha value is -0.900. The summed E-state index contributed by atoms with van der Waals surface area (Å²) in [6, 6.07) is 0. The van der Waals surface area contributed by atoms with Crippen molar-refractivity contribution >= 4 is 18.4 Å². The van der Waals surface area contributed by atoms with Crippen LogP contribution in [0.25, 0.3) is 0 Å². The fraction of sp³-hybridized carbons (Fsp3) is 0.250. The van der Waals surface area contributed by atoms with Gasteiger partial charge in [-0.2, -0.15) is 0 Å². The predicted molar refractivity (Wildman–Crippen MR) is 35.7 cm³/mol. The number of hydrogen-bond donors (Lipinski definition) is 2. The molecule has 0 aliphatic heterocycles. The van der Waals surface area contributed by atoms with Crippen LogP contribution in [0.4, 0.5) is 0 Å². The molecule has 54 valence electrons. The summed E-state index contributed by atoms with van der Waals surface area (Å²) in [5.41, 5.74) is 9.81. The number of halogens is 1. The summed E-state index contributed by atoms with van der Waals surface area (Å²) in [4.78, 5) is 10.2. The molecule has 4 nitrogen and oxygen atoms in total. The molecule has 0 spiro atoms. The van der Waals surface area contributed by atoms with Crippen molar-refractivity contribution in [3.63, 3.8) is 0 Å².